The first kappa shape index (κ1) is 18.0. The van der Waals surface area contributed by atoms with Crippen molar-refractivity contribution < 1.29 is 19.4 Å². The number of hydrogen-bond acceptors (Lipinski definition) is 4. The number of carbonyl (C=O) groups is 2. The molecule has 0 saturated carbocycles. The summed E-state index contributed by atoms with van der Waals surface area (Å²) in [4.78, 5) is 26.4. The van der Waals surface area contributed by atoms with Gasteiger partial charge in [-0.15, -0.1) is 0 Å². The normalized spacial score (nSPS) is 19.6. The molecular weight excluding hydrogens is 334 g/mol. The molecule has 2 atom stereocenters. The van der Waals surface area contributed by atoms with Crippen LogP contribution in [-0.2, 0) is 11.3 Å². The molecule has 1 aliphatic heterocycles. The van der Waals surface area contributed by atoms with Crippen molar-refractivity contribution in [2.45, 2.75) is 26.3 Å². The topological polar surface area (TPSA) is 84.7 Å². The minimum Gasteiger partial charge on any atom is -0.496 e. The number of aliphatic carboxylic acids is 1. The molecule has 7 nitrogen and oxygen atoms in total. The van der Waals surface area contributed by atoms with E-state index >= 15 is 0 Å². The maximum Gasteiger partial charge on any atom is 0.308 e. The highest BCUT2D eigenvalue weighted by Crippen LogP contribution is 2.38. The van der Waals surface area contributed by atoms with Crippen LogP contribution in [0.15, 0.2) is 30.3 Å². The monoisotopic (exact) mass is 357 g/mol. The van der Waals surface area contributed by atoms with Crippen LogP contribution in [-0.4, -0.2) is 51.9 Å². The largest absolute Gasteiger partial charge is 0.496 e. The Hall–Kier alpha value is -2.83. The summed E-state index contributed by atoms with van der Waals surface area (Å²) in [5.74, 6) is -1.43. The van der Waals surface area contributed by atoms with E-state index in [0.29, 0.717) is 24.5 Å². The van der Waals surface area contributed by atoms with Gasteiger partial charge in [-0.3, -0.25) is 14.3 Å². The maximum atomic E-state index is 13.0. The molecule has 26 heavy (non-hydrogen) atoms. The Labute approximate surface area is 152 Å². The van der Waals surface area contributed by atoms with Crippen LogP contribution in [0.2, 0.25) is 0 Å². The summed E-state index contributed by atoms with van der Waals surface area (Å²) < 4.78 is 7.05. The number of carbonyl (C=O) groups excluding carboxylic acids is 1. The van der Waals surface area contributed by atoms with E-state index in [4.69, 9.17) is 4.74 Å². The van der Waals surface area contributed by atoms with Crippen molar-refractivity contribution in [2.24, 2.45) is 5.92 Å². The molecule has 7 heteroatoms. The third-order valence-electron chi connectivity index (χ3n) is 4.88. The average molecular weight is 357 g/mol. The molecule has 3 rings (SSSR count). The molecule has 2 aromatic rings. The van der Waals surface area contributed by atoms with Gasteiger partial charge in [-0.1, -0.05) is 18.2 Å². The van der Waals surface area contributed by atoms with Gasteiger partial charge in [0.15, 0.2) is 0 Å². The van der Waals surface area contributed by atoms with E-state index in [0.717, 1.165) is 11.3 Å². The predicted octanol–water partition coefficient (Wildman–Crippen LogP) is 2.16. The van der Waals surface area contributed by atoms with Crippen molar-refractivity contribution in [2.75, 3.05) is 20.2 Å². The van der Waals surface area contributed by atoms with Gasteiger partial charge >= 0.3 is 5.97 Å². The molecule has 1 N–H and O–H groups in total. The highest BCUT2D eigenvalue weighted by atomic mass is 16.5. The Morgan fingerprint density at radius 1 is 1.31 bits per heavy atom. The van der Waals surface area contributed by atoms with Crippen molar-refractivity contribution in [3.63, 3.8) is 0 Å². The van der Waals surface area contributed by atoms with Gasteiger partial charge < -0.3 is 14.7 Å². The molecule has 138 valence electrons. The Balaban J connectivity index is 1.92. The molecule has 1 saturated heterocycles. The van der Waals surface area contributed by atoms with Crippen LogP contribution in [0, 0.1) is 12.8 Å². The Morgan fingerprint density at radius 2 is 2.04 bits per heavy atom. The smallest absolute Gasteiger partial charge is 0.308 e. The minimum absolute atomic E-state index is 0.171. The first-order valence-electron chi connectivity index (χ1n) is 8.65. The number of aromatic nitrogens is 2. The van der Waals surface area contributed by atoms with Crippen molar-refractivity contribution >= 4 is 11.9 Å². The van der Waals surface area contributed by atoms with E-state index in [-0.39, 0.29) is 18.4 Å². The SMILES string of the molecule is CCn1nc(C)cc1C(=O)N1CC(C(=O)O)C(c2ccccc2OC)C1. The molecule has 0 bridgehead atoms. The molecule has 2 unspecified atom stereocenters. The quantitative estimate of drug-likeness (QED) is 0.886. The number of ether oxygens (including phenoxy) is 1. The lowest BCUT2D eigenvalue weighted by Crippen LogP contribution is -2.31. The summed E-state index contributed by atoms with van der Waals surface area (Å²) in [5, 5.41) is 14.0. The van der Waals surface area contributed by atoms with Crippen molar-refractivity contribution in [1.82, 2.24) is 14.7 Å². The van der Waals surface area contributed by atoms with Gasteiger partial charge in [-0.05, 0) is 31.5 Å². The number of hydrogen-bond donors (Lipinski definition) is 1. The highest BCUT2D eigenvalue weighted by molar-refractivity contribution is 5.93. The molecule has 0 aliphatic carbocycles. The molecule has 1 amide bonds. The van der Waals surface area contributed by atoms with Crippen molar-refractivity contribution in [3.8, 4) is 5.75 Å². The first-order valence-corrected chi connectivity index (χ1v) is 8.65. The van der Waals surface area contributed by atoms with Crippen LogP contribution in [0.5, 0.6) is 5.75 Å². The zero-order chi connectivity index (χ0) is 18.8. The Bertz CT molecular complexity index is 830. The number of amides is 1. The number of methoxy groups -OCH3 is 1. The summed E-state index contributed by atoms with van der Waals surface area (Å²) in [6, 6.07) is 9.13. The fraction of sp³-hybridized carbons (Fsp3) is 0.421. The zero-order valence-electron chi connectivity index (χ0n) is 15.2. The van der Waals surface area contributed by atoms with Gasteiger partial charge in [0, 0.05) is 25.6 Å². The van der Waals surface area contributed by atoms with E-state index in [2.05, 4.69) is 5.10 Å². The summed E-state index contributed by atoms with van der Waals surface area (Å²) in [6.07, 6.45) is 0. The van der Waals surface area contributed by atoms with E-state index in [1.54, 1.807) is 22.8 Å². The van der Waals surface area contributed by atoms with E-state index in [1.807, 2.05) is 38.1 Å². The van der Waals surface area contributed by atoms with Crippen LogP contribution in [0.4, 0.5) is 0 Å². The zero-order valence-corrected chi connectivity index (χ0v) is 15.2. The van der Waals surface area contributed by atoms with Gasteiger partial charge in [0.2, 0.25) is 0 Å². The lowest BCUT2D eigenvalue weighted by atomic mass is 9.88. The lowest BCUT2D eigenvalue weighted by molar-refractivity contribution is -0.141. The lowest BCUT2D eigenvalue weighted by Gasteiger charge is -2.18. The number of carboxylic acid groups (broad SMARTS) is 1. The van der Waals surface area contributed by atoms with E-state index < -0.39 is 11.9 Å². The maximum absolute atomic E-state index is 13.0. The summed E-state index contributed by atoms with van der Waals surface area (Å²) >= 11 is 0. The van der Waals surface area contributed by atoms with Crippen LogP contribution >= 0.6 is 0 Å². The third-order valence-corrected chi connectivity index (χ3v) is 4.88. The molecule has 1 aromatic carbocycles. The molecule has 2 heterocycles. The number of para-hydroxylation sites is 1. The fourth-order valence-electron chi connectivity index (χ4n) is 3.63. The molecule has 0 spiro atoms. The Morgan fingerprint density at radius 3 is 2.69 bits per heavy atom. The van der Waals surface area contributed by atoms with Gasteiger partial charge in [0.25, 0.3) is 5.91 Å². The third kappa shape index (κ3) is 3.16. The summed E-state index contributed by atoms with van der Waals surface area (Å²) in [6.45, 7) is 4.85. The van der Waals surface area contributed by atoms with Crippen LogP contribution in [0.25, 0.3) is 0 Å². The molecule has 0 radical (unpaired) electrons. The Kier molecular flexibility index (Phi) is 4.97. The predicted molar refractivity (Wildman–Crippen MR) is 95.4 cm³/mol. The molecular formula is C19H23N3O4. The number of likely N-dealkylation sites (tertiary alicyclic amines) is 1. The number of rotatable bonds is 5. The van der Waals surface area contributed by atoms with Crippen molar-refractivity contribution in [3.05, 3.63) is 47.3 Å². The fourth-order valence-corrected chi connectivity index (χ4v) is 3.63. The van der Waals surface area contributed by atoms with Gasteiger partial charge in [-0.25, -0.2) is 0 Å². The number of nitrogens with zero attached hydrogens (tertiary/aromatic N) is 3. The van der Waals surface area contributed by atoms with E-state index in [9.17, 15) is 14.7 Å². The first-order chi connectivity index (χ1) is 12.5. The number of aryl methyl sites for hydroxylation is 2. The summed E-state index contributed by atoms with van der Waals surface area (Å²) in [5.41, 5.74) is 2.08. The second-order valence-corrected chi connectivity index (χ2v) is 6.49. The molecule has 1 fully saturated rings. The van der Waals surface area contributed by atoms with Gasteiger partial charge in [-0.2, -0.15) is 5.10 Å². The van der Waals surface area contributed by atoms with Crippen LogP contribution < -0.4 is 4.74 Å². The second kappa shape index (κ2) is 7.19. The van der Waals surface area contributed by atoms with Crippen molar-refractivity contribution in [1.29, 1.82) is 0 Å². The minimum atomic E-state index is -0.906. The van der Waals surface area contributed by atoms with Crippen LogP contribution in [0.3, 0.4) is 0 Å². The van der Waals surface area contributed by atoms with E-state index in [1.165, 1.54) is 0 Å². The van der Waals surface area contributed by atoms with Gasteiger partial charge in [0.05, 0.1) is 18.7 Å². The summed E-state index contributed by atoms with van der Waals surface area (Å²) in [7, 11) is 1.56. The van der Waals surface area contributed by atoms with Crippen LogP contribution in [0.1, 0.15) is 34.6 Å². The highest BCUT2D eigenvalue weighted by Gasteiger charge is 2.42. The standard InChI is InChI=1S/C19H23N3O4/c1-4-22-16(9-12(2)20-22)18(23)21-10-14(15(11-21)19(24)25)13-7-5-6-8-17(13)26-3/h5-9,14-15H,4,10-11H2,1-3H3,(H,24,25). The number of benzene rings is 1. The second-order valence-electron chi connectivity index (χ2n) is 6.49. The number of carboxylic acids is 1. The molecule has 1 aromatic heterocycles. The molecule has 1 aliphatic rings. The average Bonchev–Trinajstić information content (AvgIpc) is 3.24. The van der Waals surface area contributed by atoms with Gasteiger partial charge in [0.1, 0.15) is 11.4 Å².